The highest BCUT2D eigenvalue weighted by molar-refractivity contribution is 9.08. The van der Waals surface area contributed by atoms with E-state index in [1.165, 1.54) is 0 Å². The second-order valence-electron chi connectivity index (χ2n) is 3.22. The van der Waals surface area contributed by atoms with E-state index in [2.05, 4.69) is 15.9 Å². The predicted octanol–water partition coefficient (Wildman–Crippen LogP) is 3.05. The highest BCUT2D eigenvalue weighted by atomic mass is 79.9. The zero-order chi connectivity index (χ0) is 12.7. The van der Waals surface area contributed by atoms with Crippen LogP contribution in [0.15, 0.2) is 29.8 Å². The van der Waals surface area contributed by atoms with E-state index in [1.807, 2.05) is 30.3 Å². The summed E-state index contributed by atoms with van der Waals surface area (Å²) in [5, 5.41) is 9.59. The first kappa shape index (κ1) is 13.5. The van der Waals surface area contributed by atoms with Crippen molar-refractivity contribution in [3.63, 3.8) is 0 Å². The molecule has 1 aromatic rings. The number of esters is 1. The molecule has 0 aliphatic rings. The molecule has 3 nitrogen and oxygen atoms in total. The van der Waals surface area contributed by atoms with Gasteiger partial charge in [0.15, 0.2) is 0 Å². The van der Waals surface area contributed by atoms with Gasteiger partial charge in [0.1, 0.15) is 11.6 Å². The number of halogens is 1. The second-order valence-corrected chi connectivity index (χ2v) is 3.78. The molecule has 1 aromatic carbocycles. The third-order valence-electron chi connectivity index (χ3n) is 2.11. The molecule has 0 heterocycles. The Morgan fingerprint density at radius 1 is 1.53 bits per heavy atom. The first-order chi connectivity index (χ1) is 8.22. The van der Waals surface area contributed by atoms with Crippen molar-refractivity contribution in [3.05, 3.63) is 41.0 Å². The smallest absolute Gasteiger partial charge is 0.348 e. The first-order valence-corrected chi connectivity index (χ1v) is 6.27. The summed E-state index contributed by atoms with van der Waals surface area (Å²) in [6.07, 6.45) is 1.55. The molecular weight excluding hydrogens is 282 g/mol. The Kier molecular flexibility index (Phi) is 5.44. The van der Waals surface area contributed by atoms with Crippen molar-refractivity contribution in [3.8, 4) is 6.07 Å². The van der Waals surface area contributed by atoms with Gasteiger partial charge >= 0.3 is 5.97 Å². The van der Waals surface area contributed by atoms with Crippen molar-refractivity contribution in [2.45, 2.75) is 12.3 Å². The maximum absolute atomic E-state index is 11.5. The van der Waals surface area contributed by atoms with Crippen molar-refractivity contribution >= 4 is 28.0 Å². The van der Waals surface area contributed by atoms with Gasteiger partial charge in [-0.1, -0.05) is 40.2 Å². The lowest BCUT2D eigenvalue weighted by atomic mass is 10.1. The van der Waals surface area contributed by atoms with Gasteiger partial charge in [0.25, 0.3) is 0 Å². The maximum atomic E-state index is 11.5. The van der Waals surface area contributed by atoms with E-state index in [-0.39, 0.29) is 12.2 Å². The van der Waals surface area contributed by atoms with Crippen molar-refractivity contribution in [1.82, 2.24) is 0 Å². The minimum atomic E-state index is -0.584. The summed E-state index contributed by atoms with van der Waals surface area (Å²) in [5.74, 6) is -0.584. The number of alkyl halides is 1. The zero-order valence-corrected chi connectivity index (χ0v) is 11.0. The SMILES string of the molecule is CCOC(=O)/C(C#N)=C/c1ccccc1CBr. The van der Waals surface area contributed by atoms with Crippen LogP contribution in [0.1, 0.15) is 18.1 Å². The fraction of sp³-hybridized carbons (Fsp3) is 0.231. The molecular formula is C13H12BrNO2. The minimum absolute atomic E-state index is 0.0141. The lowest BCUT2D eigenvalue weighted by Gasteiger charge is -2.03. The molecule has 0 bridgehead atoms. The maximum Gasteiger partial charge on any atom is 0.348 e. The predicted molar refractivity (Wildman–Crippen MR) is 69.3 cm³/mol. The van der Waals surface area contributed by atoms with Crippen LogP contribution in [0.2, 0.25) is 0 Å². The standard InChI is InChI=1S/C13H12BrNO2/c1-2-17-13(16)12(9-15)7-10-5-3-4-6-11(10)8-14/h3-7H,2,8H2,1H3/b12-7+. The average Bonchev–Trinajstić information content (AvgIpc) is 2.36. The number of nitrogens with zero attached hydrogens (tertiary/aromatic N) is 1. The topological polar surface area (TPSA) is 50.1 Å². The Morgan fingerprint density at radius 2 is 2.24 bits per heavy atom. The lowest BCUT2D eigenvalue weighted by Crippen LogP contribution is -2.06. The van der Waals surface area contributed by atoms with Crippen molar-refractivity contribution in [1.29, 1.82) is 5.26 Å². The molecule has 0 aliphatic heterocycles. The summed E-state index contributed by atoms with van der Waals surface area (Å²) in [6, 6.07) is 9.41. The molecule has 88 valence electrons. The number of nitriles is 1. The number of carbonyl (C=O) groups is 1. The number of hydrogen-bond acceptors (Lipinski definition) is 3. The monoisotopic (exact) mass is 293 g/mol. The third-order valence-corrected chi connectivity index (χ3v) is 2.72. The Bertz CT molecular complexity index is 475. The largest absolute Gasteiger partial charge is 0.462 e. The van der Waals surface area contributed by atoms with Gasteiger partial charge in [-0.05, 0) is 24.1 Å². The molecule has 0 fully saturated rings. The van der Waals surface area contributed by atoms with Crippen LogP contribution >= 0.6 is 15.9 Å². The van der Waals surface area contributed by atoms with Gasteiger partial charge in [-0.25, -0.2) is 4.79 Å². The molecule has 0 aliphatic carbocycles. The molecule has 0 N–H and O–H groups in total. The molecule has 0 radical (unpaired) electrons. The van der Waals surface area contributed by atoms with E-state index in [0.29, 0.717) is 5.33 Å². The van der Waals surface area contributed by atoms with Crippen LogP contribution in [-0.2, 0) is 14.9 Å². The molecule has 0 unspecified atom stereocenters. The van der Waals surface area contributed by atoms with E-state index in [9.17, 15) is 4.79 Å². The van der Waals surface area contributed by atoms with Gasteiger partial charge in [0, 0.05) is 5.33 Å². The summed E-state index contributed by atoms with van der Waals surface area (Å²) >= 11 is 3.36. The first-order valence-electron chi connectivity index (χ1n) is 5.15. The van der Waals surface area contributed by atoms with Crippen LogP contribution < -0.4 is 0 Å². The highest BCUT2D eigenvalue weighted by Gasteiger charge is 2.10. The lowest BCUT2D eigenvalue weighted by molar-refractivity contribution is -0.137. The number of carbonyl (C=O) groups excluding carboxylic acids is 1. The van der Waals surface area contributed by atoms with E-state index < -0.39 is 5.97 Å². The van der Waals surface area contributed by atoms with Crippen LogP contribution in [0.3, 0.4) is 0 Å². The van der Waals surface area contributed by atoms with Crippen LogP contribution in [0.25, 0.3) is 6.08 Å². The second kappa shape index (κ2) is 6.87. The average molecular weight is 294 g/mol. The van der Waals surface area contributed by atoms with Crippen molar-refractivity contribution in [2.75, 3.05) is 6.61 Å². The quantitative estimate of drug-likeness (QED) is 0.371. The number of rotatable bonds is 4. The third kappa shape index (κ3) is 3.72. The number of ether oxygens (including phenoxy) is 1. The van der Waals surface area contributed by atoms with Gasteiger partial charge in [0.05, 0.1) is 6.61 Å². The molecule has 4 heteroatoms. The van der Waals surface area contributed by atoms with E-state index in [1.54, 1.807) is 13.0 Å². The van der Waals surface area contributed by atoms with Crippen LogP contribution in [-0.4, -0.2) is 12.6 Å². The number of benzene rings is 1. The summed E-state index contributed by atoms with van der Waals surface area (Å²) in [5.41, 5.74) is 1.87. The van der Waals surface area contributed by atoms with Gasteiger partial charge < -0.3 is 4.74 Å². The Balaban J connectivity index is 3.07. The number of hydrogen-bond donors (Lipinski definition) is 0. The van der Waals surface area contributed by atoms with Gasteiger partial charge in [-0.3, -0.25) is 0 Å². The Hall–Kier alpha value is -1.60. The highest BCUT2D eigenvalue weighted by Crippen LogP contribution is 2.16. The molecule has 0 amide bonds. The van der Waals surface area contributed by atoms with Crippen LogP contribution in [0.4, 0.5) is 0 Å². The minimum Gasteiger partial charge on any atom is -0.462 e. The van der Waals surface area contributed by atoms with Crippen LogP contribution in [0, 0.1) is 11.3 Å². The summed E-state index contributed by atoms with van der Waals surface area (Å²) in [4.78, 5) is 11.5. The normalized spacial score (nSPS) is 10.8. The fourth-order valence-corrected chi connectivity index (χ4v) is 1.81. The molecule has 17 heavy (non-hydrogen) atoms. The Morgan fingerprint density at radius 3 is 2.82 bits per heavy atom. The van der Waals surface area contributed by atoms with E-state index in [0.717, 1.165) is 11.1 Å². The van der Waals surface area contributed by atoms with Crippen molar-refractivity contribution < 1.29 is 9.53 Å². The zero-order valence-electron chi connectivity index (χ0n) is 9.44. The molecule has 1 rings (SSSR count). The summed E-state index contributed by atoms with van der Waals surface area (Å²) in [7, 11) is 0. The molecule has 0 spiro atoms. The molecule has 0 saturated carbocycles. The Labute approximate surface area is 109 Å². The van der Waals surface area contributed by atoms with Gasteiger partial charge in [-0.2, -0.15) is 5.26 Å². The van der Waals surface area contributed by atoms with Crippen LogP contribution in [0.5, 0.6) is 0 Å². The summed E-state index contributed by atoms with van der Waals surface area (Å²) in [6.45, 7) is 1.97. The fourth-order valence-electron chi connectivity index (χ4n) is 1.30. The van der Waals surface area contributed by atoms with E-state index >= 15 is 0 Å². The summed E-state index contributed by atoms with van der Waals surface area (Å²) < 4.78 is 4.80. The molecule has 0 saturated heterocycles. The van der Waals surface area contributed by atoms with E-state index in [4.69, 9.17) is 10.00 Å². The van der Waals surface area contributed by atoms with Crippen molar-refractivity contribution in [2.24, 2.45) is 0 Å². The molecule has 0 atom stereocenters. The van der Waals surface area contributed by atoms with Gasteiger partial charge in [0.2, 0.25) is 0 Å². The van der Waals surface area contributed by atoms with Gasteiger partial charge in [-0.15, -0.1) is 0 Å². The molecule has 0 aromatic heterocycles.